The fourth-order valence-corrected chi connectivity index (χ4v) is 2.48. The van der Waals surface area contributed by atoms with E-state index >= 15 is 0 Å². The number of anilines is 1. The van der Waals surface area contributed by atoms with Gasteiger partial charge in [-0.25, -0.2) is 9.67 Å². The standard InChI is InChI=1S/C19H19N5O2/c1-14(24-13-20-12-21-24)18(25)23-17(15-8-4-2-5-9-15)19(26)22-16-10-6-3-7-11-16/h2-14,17H,1H3,(H,22,26)(H,23,25)/t14-,17+/m1/s1. The minimum Gasteiger partial charge on any atom is -0.339 e. The largest absolute Gasteiger partial charge is 0.339 e. The molecule has 0 fully saturated rings. The summed E-state index contributed by atoms with van der Waals surface area (Å²) in [5.41, 5.74) is 1.36. The van der Waals surface area contributed by atoms with Crippen LogP contribution in [-0.2, 0) is 9.59 Å². The summed E-state index contributed by atoms with van der Waals surface area (Å²) in [6.07, 6.45) is 2.83. The van der Waals surface area contributed by atoms with Crippen LogP contribution in [0.5, 0.6) is 0 Å². The second-order valence-corrected chi connectivity index (χ2v) is 5.76. The molecule has 0 aliphatic rings. The summed E-state index contributed by atoms with van der Waals surface area (Å²) in [4.78, 5) is 29.2. The van der Waals surface area contributed by atoms with E-state index in [-0.39, 0.29) is 11.8 Å². The van der Waals surface area contributed by atoms with E-state index in [9.17, 15) is 9.59 Å². The molecule has 7 nitrogen and oxygen atoms in total. The number of hydrogen-bond acceptors (Lipinski definition) is 4. The first-order valence-corrected chi connectivity index (χ1v) is 8.20. The molecule has 2 atom stereocenters. The van der Waals surface area contributed by atoms with Gasteiger partial charge in [-0.1, -0.05) is 48.5 Å². The lowest BCUT2D eigenvalue weighted by Crippen LogP contribution is -2.40. The Morgan fingerprint density at radius 1 is 0.962 bits per heavy atom. The van der Waals surface area contributed by atoms with Crippen LogP contribution in [0.2, 0.25) is 0 Å². The van der Waals surface area contributed by atoms with Crippen molar-refractivity contribution in [3.8, 4) is 0 Å². The van der Waals surface area contributed by atoms with Gasteiger partial charge in [0.25, 0.3) is 5.91 Å². The highest BCUT2D eigenvalue weighted by Gasteiger charge is 2.26. The zero-order chi connectivity index (χ0) is 18.4. The first-order valence-electron chi connectivity index (χ1n) is 8.20. The van der Waals surface area contributed by atoms with Crippen molar-refractivity contribution in [1.29, 1.82) is 0 Å². The Morgan fingerprint density at radius 3 is 2.23 bits per heavy atom. The number of hydrogen-bond donors (Lipinski definition) is 2. The average Bonchev–Trinajstić information content (AvgIpc) is 3.21. The van der Waals surface area contributed by atoms with Crippen LogP contribution in [-0.4, -0.2) is 26.6 Å². The average molecular weight is 349 g/mol. The zero-order valence-corrected chi connectivity index (χ0v) is 14.2. The summed E-state index contributed by atoms with van der Waals surface area (Å²) in [7, 11) is 0. The molecule has 2 N–H and O–H groups in total. The van der Waals surface area contributed by atoms with Crippen LogP contribution in [0.1, 0.15) is 24.6 Å². The molecule has 2 aromatic carbocycles. The number of carbonyl (C=O) groups is 2. The molecule has 0 aliphatic carbocycles. The number of para-hydroxylation sites is 1. The molecular formula is C19H19N5O2. The van der Waals surface area contributed by atoms with Crippen molar-refractivity contribution in [2.75, 3.05) is 5.32 Å². The summed E-state index contributed by atoms with van der Waals surface area (Å²) in [5, 5.41) is 9.61. The zero-order valence-electron chi connectivity index (χ0n) is 14.2. The van der Waals surface area contributed by atoms with E-state index in [4.69, 9.17) is 0 Å². The van der Waals surface area contributed by atoms with Gasteiger partial charge >= 0.3 is 0 Å². The maximum absolute atomic E-state index is 12.8. The van der Waals surface area contributed by atoms with Gasteiger partial charge in [-0.15, -0.1) is 0 Å². The summed E-state index contributed by atoms with van der Waals surface area (Å²) in [6.45, 7) is 1.70. The summed E-state index contributed by atoms with van der Waals surface area (Å²) < 4.78 is 1.44. The summed E-state index contributed by atoms with van der Waals surface area (Å²) in [6, 6.07) is 16.8. The van der Waals surface area contributed by atoms with Crippen molar-refractivity contribution in [3.63, 3.8) is 0 Å². The van der Waals surface area contributed by atoms with Gasteiger partial charge in [0.15, 0.2) is 0 Å². The van der Waals surface area contributed by atoms with Gasteiger partial charge in [-0.3, -0.25) is 9.59 Å². The predicted molar refractivity (Wildman–Crippen MR) is 97.1 cm³/mol. The first-order chi connectivity index (χ1) is 12.6. The van der Waals surface area contributed by atoms with Crippen LogP contribution in [0.4, 0.5) is 5.69 Å². The van der Waals surface area contributed by atoms with Gasteiger partial charge in [-0.05, 0) is 24.6 Å². The van der Waals surface area contributed by atoms with Crippen molar-refractivity contribution in [1.82, 2.24) is 20.1 Å². The Kier molecular flexibility index (Phi) is 5.38. The molecule has 0 saturated carbocycles. The highest BCUT2D eigenvalue weighted by Crippen LogP contribution is 2.17. The summed E-state index contributed by atoms with van der Waals surface area (Å²) >= 11 is 0. The molecular weight excluding hydrogens is 330 g/mol. The van der Waals surface area contributed by atoms with Gasteiger partial charge in [0.1, 0.15) is 24.7 Å². The maximum Gasteiger partial charge on any atom is 0.251 e. The van der Waals surface area contributed by atoms with Crippen LogP contribution in [0.25, 0.3) is 0 Å². The molecule has 132 valence electrons. The second-order valence-electron chi connectivity index (χ2n) is 5.76. The minimum atomic E-state index is -0.824. The summed E-state index contributed by atoms with van der Waals surface area (Å²) in [5.74, 6) is -0.644. The van der Waals surface area contributed by atoms with Crippen LogP contribution < -0.4 is 10.6 Å². The molecule has 1 heterocycles. The van der Waals surface area contributed by atoms with Crippen LogP contribution in [0, 0.1) is 0 Å². The fourth-order valence-electron chi connectivity index (χ4n) is 2.48. The molecule has 0 aliphatic heterocycles. The smallest absolute Gasteiger partial charge is 0.251 e. The van der Waals surface area contributed by atoms with E-state index in [2.05, 4.69) is 20.7 Å². The number of rotatable bonds is 6. The SMILES string of the molecule is C[C@H](C(=O)N[C@H](C(=O)Nc1ccccc1)c1ccccc1)n1cncn1. The molecule has 26 heavy (non-hydrogen) atoms. The van der Waals surface area contributed by atoms with E-state index in [1.807, 2.05) is 36.4 Å². The molecule has 0 bridgehead atoms. The highest BCUT2D eigenvalue weighted by molar-refractivity contribution is 5.98. The lowest BCUT2D eigenvalue weighted by atomic mass is 10.1. The Hall–Kier alpha value is -3.48. The van der Waals surface area contributed by atoms with Crippen molar-refractivity contribution in [2.45, 2.75) is 19.0 Å². The van der Waals surface area contributed by atoms with Crippen molar-refractivity contribution in [2.24, 2.45) is 0 Å². The number of benzene rings is 2. The van der Waals surface area contributed by atoms with E-state index in [1.54, 1.807) is 31.2 Å². The topological polar surface area (TPSA) is 88.9 Å². The van der Waals surface area contributed by atoms with Gasteiger partial charge in [0.05, 0.1) is 0 Å². The van der Waals surface area contributed by atoms with Crippen LogP contribution in [0.3, 0.4) is 0 Å². The molecule has 2 amide bonds. The minimum absolute atomic E-state index is 0.318. The van der Waals surface area contributed by atoms with Crippen LogP contribution >= 0.6 is 0 Å². The lowest BCUT2D eigenvalue weighted by molar-refractivity contribution is -0.128. The number of carbonyl (C=O) groups excluding carboxylic acids is 2. The molecule has 0 radical (unpaired) electrons. The fraction of sp³-hybridized carbons (Fsp3) is 0.158. The second kappa shape index (κ2) is 8.06. The highest BCUT2D eigenvalue weighted by atomic mass is 16.2. The molecule has 3 aromatic rings. The van der Waals surface area contributed by atoms with Crippen LogP contribution in [0.15, 0.2) is 73.3 Å². The third-order valence-electron chi connectivity index (χ3n) is 3.94. The molecule has 1 aromatic heterocycles. The quantitative estimate of drug-likeness (QED) is 0.715. The van der Waals surface area contributed by atoms with E-state index < -0.39 is 12.1 Å². The van der Waals surface area contributed by atoms with Gasteiger partial charge < -0.3 is 10.6 Å². The Labute approximate surface area is 151 Å². The normalized spacial score (nSPS) is 12.8. The number of nitrogens with zero attached hydrogens (tertiary/aromatic N) is 3. The molecule has 7 heteroatoms. The van der Waals surface area contributed by atoms with Gasteiger partial charge in [0, 0.05) is 5.69 Å². The van der Waals surface area contributed by atoms with E-state index in [1.165, 1.54) is 17.3 Å². The van der Waals surface area contributed by atoms with E-state index in [0.717, 1.165) is 0 Å². The number of amides is 2. The van der Waals surface area contributed by atoms with Crippen molar-refractivity contribution < 1.29 is 9.59 Å². The third-order valence-corrected chi connectivity index (χ3v) is 3.94. The maximum atomic E-state index is 12.8. The molecule has 3 rings (SSSR count). The number of aromatic nitrogens is 3. The molecule has 0 saturated heterocycles. The van der Waals surface area contributed by atoms with Crippen molar-refractivity contribution in [3.05, 3.63) is 78.9 Å². The van der Waals surface area contributed by atoms with Crippen molar-refractivity contribution >= 4 is 17.5 Å². The lowest BCUT2D eigenvalue weighted by Gasteiger charge is -2.21. The number of nitrogens with one attached hydrogen (secondary N) is 2. The predicted octanol–water partition coefficient (Wildman–Crippen LogP) is 2.34. The van der Waals surface area contributed by atoms with E-state index in [0.29, 0.717) is 11.3 Å². The Morgan fingerprint density at radius 2 is 1.62 bits per heavy atom. The molecule has 0 spiro atoms. The first kappa shape index (κ1) is 17.3. The monoisotopic (exact) mass is 349 g/mol. The van der Waals surface area contributed by atoms with Gasteiger partial charge in [-0.2, -0.15) is 5.10 Å². The Balaban J connectivity index is 1.79. The molecule has 0 unspecified atom stereocenters. The Bertz CT molecular complexity index is 850. The third kappa shape index (κ3) is 4.13. The van der Waals surface area contributed by atoms with Gasteiger partial charge in [0.2, 0.25) is 5.91 Å².